The molecule has 3 fully saturated rings. The van der Waals surface area contributed by atoms with E-state index in [0.717, 1.165) is 97.3 Å². The molecule has 238 valence electrons. The second-order valence-electron chi connectivity index (χ2n) is 10.3. The van der Waals surface area contributed by atoms with E-state index >= 15 is 0 Å². The van der Waals surface area contributed by atoms with Crippen LogP contribution in [0.4, 0.5) is 26.3 Å². The average molecular weight is 617 g/mol. The lowest BCUT2D eigenvalue weighted by molar-refractivity contribution is -0.193. The maximum atomic E-state index is 10.6. The molecule has 2 atom stereocenters. The molecular weight excluding hydrogens is 582 g/mol. The molecule has 4 heterocycles. The van der Waals surface area contributed by atoms with Gasteiger partial charge in [-0.2, -0.15) is 26.3 Å². The molecule has 1 aromatic carbocycles. The van der Waals surface area contributed by atoms with Crippen LogP contribution in [0.3, 0.4) is 0 Å². The molecule has 1 spiro atoms. The van der Waals surface area contributed by atoms with E-state index in [1.54, 1.807) is 0 Å². The van der Waals surface area contributed by atoms with Gasteiger partial charge in [-0.1, -0.05) is 12.1 Å². The molecule has 4 aliphatic rings. The van der Waals surface area contributed by atoms with Crippen LogP contribution < -0.4 is 4.74 Å². The third kappa shape index (κ3) is 10.6. The van der Waals surface area contributed by atoms with Gasteiger partial charge in [0.25, 0.3) is 0 Å². The summed E-state index contributed by atoms with van der Waals surface area (Å²) in [4.78, 5) is 22.8. The third-order valence-electron chi connectivity index (χ3n) is 6.98. The fourth-order valence-electron chi connectivity index (χ4n) is 5.03. The van der Waals surface area contributed by atoms with Crippen molar-refractivity contribution in [3.8, 4) is 5.75 Å². The summed E-state index contributed by atoms with van der Waals surface area (Å²) < 4.78 is 87.2. The molecular formula is C26H34F6N2O8. The molecule has 4 aliphatic heterocycles. The predicted molar refractivity (Wildman–Crippen MR) is 133 cm³/mol. The van der Waals surface area contributed by atoms with Crippen molar-refractivity contribution >= 4 is 11.9 Å². The number of rotatable bonds is 4. The summed E-state index contributed by atoms with van der Waals surface area (Å²) in [5.74, 6) is -4.45. The van der Waals surface area contributed by atoms with Crippen LogP contribution in [0, 0.1) is 0 Å². The molecule has 0 unspecified atom stereocenters. The second-order valence-corrected chi connectivity index (χ2v) is 10.3. The minimum atomic E-state index is -5.08. The lowest BCUT2D eigenvalue weighted by Gasteiger charge is -2.33. The smallest absolute Gasteiger partial charge is 0.490 e. The number of morpholine rings is 1. The first kappa shape index (κ1) is 33.8. The van der Waals surface area contributed by atoms with E-state index in [1.807, 2.05) is 0 Å². The van der Waals surface area contributed by atoms with Crippen molar-refractivity contribution < 1.29 is 65.1 Å². The Kier molecular flexibility index (Phi) is 11.8. The number of benzene rings is 1. The first-order valence-electron chi connectivity index (χ1n) is 13.3. The van der Waals surface area contributed by atoms with Crippen molar-refractivity contribution in [1.29, 1.82) is 0 Å². The molecule has 2 N–H and O–H groups in total. The third-order valence-corrected chi connectivity index (χ3v) is 6.98. The Morgan fingerprint density at radius 1 is 0.905 bits per heavy atom. The van der Waals surface area contributed by atoms with Crippen LogP contribution in [0.5, 0.6) is 5.75 Å². The van der Waals surface area contributed by atoms with Crippen molar-refractivity contribution in [2.75, 3.05) is 65.8 Å². The molecule has 0 aliphatic carbocycles. The van der Waals surface area contributed by atoms with Gasteiger partial charge in [-0.25, -0.2) is 9.59 Å². The zero-order valence-corrected chi connectivity index (χ0v) is 22.7. The number of carbonyl (C=O) groups is 2. The average Bonchev–Trinajstić information content (AvgIpc) is 3.48. The van der Waals surface area contributed by atoms with Gasteiger partial charge in [0, 0.05) is 45.7 Å². The maximum Gasteiger partial charge on any atom is 0.490 e. The summed E-state index contributed by atoms with van der Waals surface area (Å²) in [5.41, 5.74) is 2.57. The molecule has 0 amide bonds. The number of fused-ring (bicyclic) bond motifs is 1. The number of hydrogen-bond donors (Lipinski definition) is 2. The lowest BCUT2D eigenvalue weighted by atomic mass is 9.99. The summed E-state index contributed by atoms with van der Waals surface area (Å²) in [6, 6.07) is 6.66. The number of alkyl halides is 6. The van der Waals surface area contributed by atoms with Gasteiger partial charge in [0.1, 0.15) is 11.4 Å². The Morgan fingerprint density at radius 2 is 1.50 bits per heavy atom. The van der Waals surface area contributed by atoms with Crippen molar-refractivity contribution in [3.63, 3.8) is 0 Å². The summed E-state index contributed by atoms with van der Waals surface area (Å²) in [6.45, 7) is 9.97. The SMILES string of the molecule is O=C(O)C(F)(F)F.O=C(O)C(F)(F)F.c1cc2c(cc1CN1CCOC[C@@]3(CC[C@H](CN4CCOCC4)O3)C1)CCO2. The number of hydrogen-bond acceptors (Lipinski definition) is 8. The highest BCUT2D eigenvalue weighted by Gasteiger charge is 2.43. The number of carboxylic acids is 2. The van der Waals surface area contributed by atoms with Crippen molar-refractivity contribution in [3.05, 3.63) is 29.3 Å². The molecule has 3 saturated heterocycles. The van der Waals surface area contributed by atoms with Gasteiger partial charge in [-0.3, -0.25) is 9.80 Å². The van der Waals surface area contributed by atoms with Gasteiger partial charge < -0.3 is 29.2 Å². The lowest BCUT2D eigenvalue weighted by Crippen LogP contribution is -2.46. The van der Waals surface area contributed by atoms with Crippen molar-refractivity contribution in [2.45, 2.75) is 49.9 Å². The van der Waals surface area contributed by atoms with Crippen LogP contribution in [-0.2, 0) is 36.8 Å². The zero-order valence-electron chi connectivity index (χ0n) is 22.7. The summed E-state index contributed by atoms with van der Waals surface area (Å²) in [7, 11) is 0. The predicted octanol–water partition coefficient (Wildman–Crippen LogP) is 2.97. The molecule has 16 heteroatoms. The topological polar surface area (TPSA) is 118 Å². The van der Waals surface area contributed by atoms with Crippen LogP contribution in [0.15, 0.2) is 18.2 Å². The zero-order chi connectivity index (χ0) is 31.0. The fraction of sp³-hybridized carbons (Fsp3) is 0.692. The summed E-state index contributed by atoms with van der Waals surface area (Å²) >= 11 is 0. The molecule has 5 rings (SSSR count). The number of halogens is 6. The van der Waals surface area contributed by atoms with E-state index in [9.17, 15) is 26.3 Å². The van der Waals surface area contributed by atoms with E-state index in [4.69, 9.17) is 38.7 Å². The highest BCUT2D eigenvalue weighted by molar-refractivity contribution is 5.73. The molecule has 0 radical (unpaired) electrons. The maximum absolute atomic E-state index is 10.6. The van der Waals surface area contributed by atoms with E-state index in [-0.39, 0.29) is 5.60 Å². The highest BCUT2D eigenvalue weighted by atomic mass is 19.4. The summed E-state index contributed by atoms with van der Waals surface area (Å²) in [6.07, 6.45) is -6.59. The number of aliphatic carboxylic acids is 2. The van der Waals surface area contributed by atoms with Gasteiger partial charge in [0.2, 0.25) is 0 Å². The number of nitrogens with zero attached hydrogens (tertiary/aromatic N) is 2. The Hall–Kier alpha value is -2.66. The molecule has 10 nitrogen and oxygen atoms in total. The van der Waals surface area contributed by atoms with Crippen molar-refractivity contribution in [2.24, 2.45) is 0 Å². The van der Waals surface area contributed by atoms with Crippen LogP contribution in [-0.4, -0.2) is 122 Å². The Labute approximate surface area is 238 Å². The minimum absolute atomic E-state index is 0.146. The van der Waals surface area contributed by atoms with Crippen molar-refractivity contribution in [1.82, 2.24) is 9.80 Å². The normalized spacial score (nSPS) is 24.9. The van der Waals surface area contributed by atoms with Gasteiger partial charge in [0.15, 0.2) is 0 Å². The van der Waals surface area contributed by atoms with Gasteiger partial charge in [-0.05, 0) is 30.0 Å². The fourth-order valence-corrected chi connectivity index (χ4v) is 5.03. The summed E-state index contributed by atoms with van der Waals surface area (Å²) in [5, 5.41) is 14.2. The van der Waals surface area contributed by atoms with E-state index in [2.05, 4.69) is 28.0 Å². The first-order chi connectivity index (χ1) is 19.7. The quantitative estimate of drug-likeness (QED) is 0.489. The van der Waals surface area contributed by atoms with Gasteiger partial charge in [-0.15, -0.1) is 0 Å². The van der Waals surface area contributed by atoms with E-state index < -0.39 is 24.3 Å². The minimum Gasteiger partial charge on any atom is -0.493 e. The number of ether oxygens (including phenoxy) is 4. The van der Waals surface area contributed by atoms with Crippen LogP contribution >= 0.6 is 0 Å². The molecule has 1 aromatic rings. The van der Waals surface area contributed by atoms with Crippen LogP contribution in [0.2, 0.25) is 0 Å². The standard InChI is InChI=1S/C22H32N2O4.2C2HF3O2/c1-2-21-19(4-9-27-21)13-18(1)14-24-8-12-26-17-22(16-24)5-3-20(28-22)15-23-6-10-25-11-7-23;2*3-2(4,5)1(6)7/h1-2,13,20H,3-12,14-17H2;2*(H,6,7)/t20-,22-;;/m1../s1. The van der Waals surface area contributed by atoms with E-state index in [0.29, 0.717) is 6.10 Å². The Morgan fingerprint density at radius 3 is 2.12 bits per heavy atom. The number of carboxylic acid groups (broad SMARTS) is 2. The first-order valence-corrected chi connectivity index (χ1v) is 13.3. The molecule has 0 saturated carbocycles. The second kappa shape index (κ2) is 14.7. The monoisotopic (exact) mass is 616 g/mol. The Balaban J connectivity index is 0.000000289. The van der Waals surface area contributed by atoms with E-state index in [1.165, 1.54) is 11.1 Å². The Bertz CT molecular complexity index is 1030. The van der Waals surface area contributed by atoms with Crippen LogP contribution in [0.25, 0.3) is 0 Å². The van der Waals surface area contributed by atoms with Gasteiger partial charge in [0.05, 0.1) is 39.1 Å². The van der Waals surface area contributed by atoms with Gasteiger partial charge >= 0.3 is 24.3 Å². The largest absolute Gasteiger partial charge is 0.493 e. The molecule has 0 aromatic heterocycles. The molecule has 42 heavy (non-hydrogen) atoms. The molecule has 0 bridgehead atoms. The van der Waals surface area contributed by atoms with Crippen LogP contribution in [0.1, 0.15) is 24.0 Å². The highest BCUT2D eigenvalue weighted by Crippen LogP contribution is 2.34.